The van der Waals surface area contributed by atoms with E-state index < -0.39 is 0 Å². The van der Waals surface area contributed by atoms with Gasteiger partial charge in [0.1, 0.15) is 5.82 Å². The van der Waals surface area contributed by atoms with E-state index in [0.717, 1.165) is 38.2 Å². The Bertz CT molecular complexity index is 388. The molecule has 0 amide bonds. The van der Waals surface area contributed by atoms with E-state index in [9.17, 15) is 0 Å². The summed E-state index contributed by atoms with van der Waals surface area (Å²) in [5.74, 6) is 0.948. The summed E-state index contributed by atoms with van der Waals surface area (Å²) in [5, 5.41) is 3.48. The van der Waals surface area contributed by atoms with Gasteiger partial charge in [-0.25, -0.2) is 9.97 Å². The molecule has 1 N–H and O–H groups in total. The van der Waals surface area contributed by atoms with Crippen LogP contribution in [0.5, 0.6) is 0 Å². The summed E-state index contributed by atoms with van der Waals surface area (Å²) in [4.78, 5) is 11.6. The van der Waals surface area contributed by atoms with Crippen LogP contribution in [-0.4, -0.2) is 41.5 Å². The Morgan fingerprint density at radius 1 is 1.05 bits per heavy atom. The summed E-state index contributed by atoms with van der Waals surface area (Å²) < 4.78 is 0. The lowest BCUT2D eigenvalue weighted by atomic mass is 10.0. The Labute approximate surface area is 124 Å². The molecule has 1 aromatic rings. The highest BCUT2D eigenvalue weighted by Gasteiger charge is 2.12. The molecule has 1 aromatic heterocycles. The molecule has 0 saturated carbocycles. The molecule has 114 valence electrons. The van der Waals surface area contributed by atoms with Gasteiger partial charge in [-0.05, 0) is 45.5 Å². The number of nitrogens with zero attached hydrogens (tertiary/aromatic N) is 3. The molecule has 0 unspecified atom stereocenters. The van der Waals surface area contributed by atoms with Crippen molar-refractivity contribution in [2.24, 2.45) is 0 Å². The van der Waals surface area contributed by atoms with E-state index in [-0.39, 0.29) is 0 Å². The summed E-state index contributed by atoms with van der Waals surface area (Å²) >= 11 is 0. The van der Waals surface area contributed by atoms with Gasteiger partial charge in [0, 0.05) is 17.4 Å². The largest absolute Gasteiger partial charge is 0.314 e. The fourth-order valence-corrected chi connectivity index (χ4v) is 2.35. The molecule has 0 atom stereocenters. The predicted octanol–water partition coefficient (Wildman–Crippen LogP) is 2.20. The van der Waals surface area contributed by atoms with E-state index in [0.29, 0.717) is 6.04 Å². The standard InChI is InChI=1S/C16H30N4/c1-7-14-13(9-10-17-12(3)4)15(8-2)19-16(18-14)11-20(5)6/h12,17H,7-11H2,1-6H3. The fraction of sp³-hybridized carbons (Fsp3) is 0.750. The number of aryl methyl sites for hydroxylation is 2. The Balaban J connectivity index is 2.96. The highest BCUT2D eigenvalue weighted by molar-refractivity contribution is 5.27. The van der Waals surface area contributed by atoms with E-state index >= 15 is 0 Å². The van der Waals surface area contributed by atoms with Crippen molar-refractivity contribution in [2.75, 3.05) is 20.6 Å². The molecular weight excluding hydrogens is 248 g/mol. The highest BCUT2D eigenvalue weighted by atomic mass is 15.1. The summed E-state index contributed by atoms with van der Waals surface area (Å²) in [6.45, 7) is 10.5. The first-order valence-electron chi connectivity index (χ1n) is 7.73. The molecule has 0 aliphatic rings. The van der Waals surface area contributed by atoms with Crippen molar-refractivity contribution in [3.05, 3.63) is 22.8 Å². The molecule has 0 aliphatic heterocycles. The second kappa shape index (κ2) is 8.32. The van der Waals surface area contributed by atoms with Crippen LogP contribution in [-0.2, 0) is 25.8 Å². The van der Waals surface area contributed by atoms with Crippen LogP contribution in [0.4, 0.5) is 0 Å². The molecule has 0 saturated heterocycles. The summed E-state index contributed by atoms with van der Waals surface area (Å²) in [7, 11) is 4.11. The Hall–Kier alpha value is -1.00. The topological polar surface area (TPSA) is 41.1 Å². The number of aromatic nitrogens is 2. The van der Waals surface area contributed by atoms with Crippen LogP contribution in [0.25, 0.3) is 0 Å². The van der Waals surface area contributed by atoms with Gasteiger partial charge in [-0.15, -0.1) is 0 Å². The Kier molecular flexibility index (Phi) is 7.10. The van der Waals surface area contributed by atoms with Crippen molar-refractivity contribution in [1.82, 2.24) is 20.2 Å². The van der Waals surface area contributed by atoms with Crippen molar-refractivity contribution in [2.45, 2.75) is 59.5 Å². The Morgan fingerprint density at radius 3 is 2.00 bits per heavy atom. The van der Waals surface area contributed by atoms with Gasteiger partial charge in [0.15, 0.2) is 0 Å². The first-order valence-corrected chi connectivity index (χ1v) is 7.73. The summed E-state index contributed by atoms with van der Waals surface area (Å²) in [6.07, 6.45) is 2.98. The number of hydrogen-bond donors (Lipinski definition) is 1. The summed E-state index contributed by atoms with van der Waals surface area (Å²) in [6, 6.07) is 0.527. The lowest BCUT2D eigenvalue weighted by molar-refractivity contribution is 0.388. The van der Waals surface area contributed by atoms with Crippen molar-refractivity contribution in [3.63, 3.8) is 0 Å². The molecule has 0 spiro atoms. The lowest BCUT2D eigenvalue weighted by Crippen LogP contribution is -2.26. The zero-order valence-corrected chi connectivity index (χ0v) is 14.0. The third-order valence-corrected chi connectivity index (χ3v) is 3.28. The number of nitrogens with one attached hydrogen (secondary N) is 1. The summed E-state index contributed by atoms with van der Waals surface area (Å²) in [5.41, 5.74) is 3.80. The molecule has 4 nitrogen and oxygen atoms in total. The zero-order valence-electron chi connectivity index (χ0n) is 14.0. The van der Waals surface area contributed by atoms with Crippen molar-refractivity contribution >= 4 is 0 Å². The third-order valence-electron chi connectivity index (χ3n) is 3.28. The van der Waals surface area contributed by atoms with Gasteiger partial charge < -0.3 is 10.2 Å². The van der Waals surface area contributed by atoms with Crippen molar-refractivity contribution in [3.8, 4) is 0 Å². The van der Waals surface area contributed by atoms with Crippen molar-refractivity contribution in [1.29, 1.82) is 0 Å². The smallest absolute Gasteiger partial charge is 0.142 e. The van der Waals surface area contributed by atoms with Gasteiger partial charge in [-0.3, -0.25) is 0 Å². The molecule has 4 heteroatoms. The molecule has 0 aromatic carbocycles. The molecule has 20 heavy (non-hydrogen) atoms. The maximum absolute atomic E-state index is 4.76. The van der Waals surface area contributed by atoms with Crippen LogP contribution in [0.1, 0.15) is 50.5 Å². The van der Waals surface area contributed by atoms with Gasteiger partial charge in [0.05, 0.1) is 6.54 Å². The second-order valence-corrected chi connectivity index (χ2v) is 5.82. The van der Waals surface area contributed by atoms with Gasteiger partial charge in [-0.2, -0.15) is 0 Å². The van der Waals surface area contributed by atoms with Gasteiger partial charge in [0.25, 0.3) is 0 Å². The van der Waals surface area contributed by atoms with Crippen LogP contribution in [0.3, 0.4) is 0 Å². The van der Waals surface area contributed by atoms with Crippen LogP contribution in [0.2, 0.25) is 0 Å². The SMILES string of the molecule is CCc1nc(CN(C)C)nc(CC)c1CCNC(C)C. The Morgan fingerprint density at radius 2 is 1.60 bits per heavy atom. The van der Waals surface area contributed by atoms with E-state index in [1.165, 1.54) is 17.0 Å². The van der Waals surface area contributed by atoms with Gasteiger partial charge in [0.2, 0.25) is 0 Å². The maximum Gasteiger partial charge on any atom is 0.142 e. The average Bonchev–Trinajstić information content (AvgIpc) is 2.38. The molecule has 0 aliphatic carbocycles. The van der Waals surface area contributed by atoms with Gasteiger partial charge >= 0.3 is 0 Å². The van der Waals surface area contributed by atoms with E-state index in [4.69, 9.17) is 9.97 Å². The molecular formula is C16H30N4. The van der Waals surface area contributed by atoms with Crippen LogP contribution < -0.4 is 5.32 Å². The molecule has 0 bridgehead atoms. The number of rotatable bonds is 8. The number of hydrogen-bond acceptors (Lipinski definition) is 4. The predicted molar refractivity (Wildman–Crippen MR) is 85.0 cm³/mol. The lowest BCUT2D eigenvalue weighted by Gasteiger charge is -2.16. The third kappa shape index (κ3) is 5.17. The van der Waals surface area contributed by atoms with E-state index in [2.05, 4.69) is 52.0 Å². The highest BCUT2D eigenvalue weighted by Crippen LogP contribution is 2.15. The average molecular weight is 278 g/mol. The van der Waals surface area contributed by atoms with Gasteiger partial charge in [-0.1, -0.05) is 27.7 Å². The molecule has 1 heterocycles. The molecule has 0 radical (unpaired) electrons. The van der Waals surface area contributed by atoms with Crippen LogP contribution >= 0.6 is 0 Å². The first-order chi connectivity index (χ1) is 9.47. The van der Waals surface area contributed by atoms with Crippen LogP contribution in [0, 0.1) is 0 Å². The van der Waals surface area contributed by atoms with E-state index in [1.807, 2.05) is 0 Å². The fourth-order valence-electron chi connectivity index (χ4n) is 2.35. The minimum Gasteiger partial charge on any atom is -0.314 e. The monoisotopic (exact) mass is 278 g/mol. The normalized spacial score (nSPS) is 11.6. The first kappa shape index (κ1) is 17.1. The molecule has 0 fully saturated rings. The minimum atomic E-state index is 0.527. The zero-order chi connectivity index (χ0) is 15.1. The molecule has 1 rings (SSSR count). The maximum atomic E-state index is 4.76. The minimum absolute atomic E-state index is 0.527. The quantitative estimate of drug-likeness (QED) is 0.791. The van der Waals surface area contributed by atoms with Crippen LogP contribution in [0.15, 0.2) is 0 Å². The van der Waals surface area contributed by atoms with Crippen molar-refractivity contribution < 1.29 is 0 Å². The second-order valence-electron chi connectivity index (χ2n) is 5.82. The van der Waals surface area contributed by atoms with E-state index in [1.54, 1.807) is 0 Å².